The monoisotopic (exact) mass is 411 g/mol. The van der Waals surface area contributed by atoms with Gasteiger partial charge in [0.15, 0.2) is 0 Å². The van der Waals surface area contributed by atoms with E-state index in [0.717, 1.165) is 17.5 Å². The van der Waals surface area contributed by atoms with Crippen LogP contribution in [0.5, 0.6) is 0 Å². The van der Waals surface area contributed by atoms with E-state index >= 15 is 0 Å². The predicted molar refractivity (Wildman–Crippen MR) is 129 cm³/mol. The molecular formula is C28H29NO2. The van der Waals surface area contributed by atoms with Crippen LogP contribution in [0.15, 0.2) is 91.0 Å². The first-order valence-electron chi connectivity index (χ1n) is 10.7. The van der Waals surface area contributed by atoms with Gasteiger partial charge in [0.05, 0.1) is 0 Å². The minimum Gasteiger partial charge on any atom is -0.396 e. The fraction of sp³-hybridized carbons (Fsp3) is 0.179. The van der Waals surface area contributed by atoms with Gasteiger partial charge in [-0.1, -0.05) is 91.9 Å². The van der Waals surface area contributed by atoms with Gasteiger partial charge in [0.25, 0.3) is 0 Å². The minimum absolute atomic E-state index is 0.0749. The molecule has 1 amide bonds. The molecule has 0 saturated carbocycles. The van der Waals surface area contributed by atoms with Crippen molar-refractivity contribution in [3.05, 3.63) is 113 Å². The number of allylic oxidation sites excluding steroid dienone is 1. The number of hydrogen-bond acceptors (Lipinski definition) is 2. The fourth-order valence-corrected chi connectivity index (χ4v) is 3.57. The molecule has 3 heteroatoms. The first kappa shape index (κ1) is 22.3. The lowest BCUT2D eigenvalue weighted by Crippen LogP contribution is -2.22. The Kier molecular flexibility index (Phi) is 8.39. The molecule has 0 aromatic heterocycles. The quantitative estimate of drug-likeness (QED) is 0.275. The summed E-state index contributed by atoms with van der Waals surface area (Å²) in [7, 11) is 0. The summed E-state index contributed by atoms with van der Waals surface area (Å²) in [6.07, 6.45) is 4.82. The van der Waals surface area contributed by atoms with Gasteiger partial charge in [-0.15, -0.1) is 0 Å². The number of hydrogen-bond donors (Lipinski definition) is 2. The second kappa shape index (κ2) is 11.7. The van der Waals surface area contributed by atoms with Crippen molar-refractivity contribution < 1.29 is 9.90 Å². The third-order valence-electron chi connectivity index (χ3n) is 5.10. The molecule has 3 aromatic carbocycles. The fourth-order valence-electron chi connectivity index (χ4n) is 3.57. The van der Waals surface area contributed by atoms with Crippen LogP contribution in [0.25, 0.3) is 17.2 Å². The minimum atomic E-state index is -0.153. The zero-order chi connectivity index (χ0) is 21.9. The third-order valence-corrected chi connectivity index (χ3v) is 5.10. The molecule has 3 rings (SSSR count). The summed E-state index contributed by atoms with van der Waals surface area (Å²) in [4.78, 5) is 11.8. The number of amides is 1. The van der Waals surface area contributed by atoms with Gasteiger partial charge in [-0.25, -0.2) is 0 Å². The SMILES string of the molecule is CC/C(=C(\c1ccccc1)c1ccc(/C=C/C(=O)NCCCO)cc1)c1ccccc1. The number of rotatable bonds is 9. The van der Waals surface area contributed by atoms with Crippen LogP contribution in [-0.2, 0) is 4.79 Å². The normalized spacial score (nSPS) is 11.9. The zero-order valence-electron chi connectivity index (χ0n) is 17.9. The largest absolute Gasteiger partial charge is 0.396 e. The Balaban J connectivity index is 1.92. The smallest absolute Gasteiger partial charge is 0.244 e. The number of aliphatic hydroxyl groups excluding tert-OH is 1. The number of carbonyl (C=O) groups is 1. The molecule has 2 N–H and O–H groups in total. The van der Waals surface area contributed by atoms with Crippen molar-refractivity contribution in [3.8, 4) is 0 Å². The van der Waals surface area contributed by atoms with Crippen molar-refractivity contribution >= 4 is 23.1 Å². The van der Waals surface area contributed by atoms with E-state index in [2.05, 4.69) is 72.9 Å². The number of benzene rings is 3. The highest BCUT2D eigenvalue weighted by Crippen LogP contribution is 2.34. The molecule has 0 aliphatic rings. The molecule has 0 atom stereocenters. The van der Waals surface area contributed by atoms with E-state index in [1.807, 2.05) is 30.3 Å². The molecular weight excluding hydrogens is 382 g/mol. The van der Waals surface area contributed by atoms with E-state index in [1.54, 1.807) is 0 Å². The summed E-state index contributed by atoms with van der Waals surface area (Å²) in [5, 5.41) is 11.5. The zero-order valence-corrected chi connectivity index (χ0v) is 17.9. The Labute approximate surface area is 184 Å². The Morgan fingerprint density at radius 3 is 2.00 bits per heavy atom. The summed E-state index contributed by atoms with van der Waals surface area (Å²) in [6, 6.07) is 29.3. The second-order valence-electron chi connectivity index (χ2n) is 7.26. The highest BCUT2D eigenvalue weighted by molar-refractivity contribution is 5.98. The van der Waals surface area contributed by atoms with Crippen molar-refractivity contribution in [2.45, 2.75) is 19.8 Å². The van der Waals surface area contributed by atoms with Crippen molar-refractivity contribution in [2.75, 3.05) is 13.2 Å². The van der Waals surface area contributed by atoms with Crippen LogP contribution in [0.3, 0.4) is 0 Å². The molecule has 31 heavy (non-hydrogen) atoms. The molecule has 3 nitrogen and oxygen atoms in total. The summed E-state index contributed by atoms with van der Waals surface area (Å²) in [6.45, 7) is 2.74. The lowest BCUT2D eigenvalue weighted by Gasteiger charge is -2.16. The molecule has 0 heterocycles. The van der Waals surface area contributed by atoms with Crippen molar-refractivity contribution in [1.82, 2.24) is 5.32 Å². The molecule has 0 saturated heterocycles. The van der Waals surface area contributed by atoms with Gasteiger partial charge in [0.2, 0.25) is 5.91 Å². The van der Waals surface area contributed by atoms with Crippen LogP contribution in [-0.4, -0.2) is 24.2 Å². The maximum Gasteiger partial charge on any atom is 0.244 e. The van der Waals surface area contributed by atoms with Gasteiger partial charge in [-0.2, -0.15) is 0 Å². The van der Waals surface area contributed by atoms with E-state index in [1.165, 1.54) is 28.3 Å². The molecule has 0 radical (unpaired) electrons. The number of aliphatic hydroxyl groups is 1. The van der Waals surface area contributed by atoms with Crippen molar-refractivity contribution in [2.24, 2.45) is 0 Å². The second-order valence-corrected chi connectivity index (χ2v) is 7.26. The molecule has 3 aromatic rings. The van der Waals surface area contributed by atoms with Crippen LogP contribution in [0.1, 0.15) is 42.0 Å². The van der Waals surface area contributed by atoms with E-state index < -0.39 is 0 Å². The van der Waals surface area contributed by atoms with Gasteiger partial charge in [0.1, 0.15) is 0 Å². The maximum absolute atomic E-state index is 11.8. The summed E-state index contributed by atoms with van der Waals surface area (Å²) >= 11 is 0. The lowest BCUT2D eigenvalue weighted by atomic mass is 9.88. The van der Waals surface area contributed by atoms with Crippen LogP contribution in [0.4, 0.5) is 0 Å². The van der Waals surface area contributed by atoms with E-state index in [4.69, 9.17) is 5.11 Å². The molecule has 0 bridgehead atoms. The van der Waals surface area contributed by atoms with Crippen LogP contribution >= 0.6 is 0 Å². The predicted octanol–water partition coefficient (Wildman–Crippen LogP) is 5.57. The van der Waals surface area contributed by atoms with Gasteiger partial charge in [-0.3, -0.25) is 4.79 Å². The van der Waals surface area contributed by atoms with Gasteiger partial charge >= 0.3 is 0 Å². The Morgan fingerprint density at radius 1 is 0.839 bits per heavy atom. The molecule has 0 fully saturated rings. The maximum atomic E-state index is 11.8. The summed E-state index contributed by atoms with van der Waals surface area (Å²) in [5.41, 5.74) is 7.06. The van der Waals surface area contributed by atoms with Crippen LogP contribution in [0, 0.1) is 0 Å². The molecule has 0 aliphatic heterocycles. The van der Waals surface area contributed by atoms with Gasteiger partial charge in [-0.05, 0) is 52.3 Å². The molecule has 0 unspecified atom stereocenters. The Hall–Kier alpha value is -3.43. The highest BCUT2D eigenvalue weighted by atomic mass is 16.3. The van der Waals surface area contributed by atoms with E-state index in [0.29, 0.717) is 13.0 Å². The Bertz CT molecular complexity index is 1020. The first-order valence-corrected chi connectivity index (χ1v) is 10.7. The van der Waals surface area contributed by atoms with E-state index in [9.17, 15) is 4.79 Å². The number of carbonyl (C=O) groups excluding carboxylic acids is 1. The average Bonchev–Trinajstić information content (AvgIpc) is 2.83. The molecule has 0 spiro atoms. The highest BCUT2D eigenvalue weighted by Gasteiger charge is 2.12. The Morgan fingerprint density at radius 2 is 1.42 bits per heavy atom. The standard InChI is InChI=1S/C28H29NO2/c1-2-26(23-10-5-3-6-11-23)28(24-12-7-4-8-13-24)25-17-14-22(15-18-25)16-19-27(31)29-20-9-21-30/h3-8,10-19,30H,2,9,20-21H2,1H3,(H,29,31)/b19-16+,28-26-. The topological polar surface area (TPSA) is 49.3 Å². The number of nitrogens with one attached hydrogen (secondary N) is 1. The van der Waals surface area contributed by atoms with Gasteiger partial charge < -0.3 is 10.4 Å². The molecule has 158 valence electrons. The first-order chi connectivity index (χ1) is 15.2. The van der Waals surface area contributed by atoms with Crippen molar-refractivity contribution in [3.63, 3.8) is 0 Å². The average molecular weight is 412 g/mol. The lowest BCUT2D eigenvalue weighted by molar-refractivity contribution is -0.116. The van der Waals surface area contributed by atoms with Gasteiger partial charge in [0, 0.05) is 19.2 Å². The van der Waals surface area contributed by atoms with Crippen LogP contribution < -0.4 is 5.32 Å². The van der Waals surface area contributed by atoms with Crippen LogP contribution in [0.2, 0.25) is 0 Å². The molecule has 0 aliphatic carbocycles. The summed E-state index contributed by atoms with van der Waals surface area (Å²) in [5.74, 6) is -0.153. The van der Waals surface area contributed by atoms with E-state index in [-0.39, 0.29) is 12.5 Å². The van der Waals surface area contributed by atoms with Crippen molar-refractivity contribution in [1.29, 1.82) is 0 Å². The summed E-state index contributed by atoms with van der Waals surface area (Å²) < 4.78 is 0. The third kappa shape index (κ3) is 6.27.